The molecule has 7 N–H and O–H groups in total. The van der Waals surface area contributed by atoms with Crippen LogP contribution in [0.15, 0.2) is 0 Å². The van der Waals surface area contributed by atoms with E-state index >= 15 is 0 Å². The van der Waals surface area contributed by atoms with Crippen LogP contribution in [0.25, 0.3) is 0 Å². The van der Waals surface area contributed by atoms with Gasteiger partial charge < -0.3 is 54.7 Å². The van der Waals surface area contributed by atoms with Crippen LogP contribution in [0.5, 0.6) is 0 Å². The molecule has 0 radical (unpaired) electrons. The standard InChI is InChI=1S/C20H36O12/c1-4-8(2)11(5-10(22)6-13(23)24)30-20-18(15(26)12(7-21)31-20)32-19-17(28)16(27)14(25)9(3)29-19/h8-12,14-22,25-28H,4-7H2,1-3H3,(H,23,24)/t8-,9-,10+,11+,12-,14-,15-,16+,17+,18+,19-,20+/m0/s1. The van der Waals surface area contributed by atoms with Crippen molar-refractivity contribution in [3.05, 3.63) is 0 Å². The molecule has 0 bridgehead atoms. The highest BCUT2D eigenvalue weighted by molar-refractivity contribution is 5.67. The van der Waals surface area contributed by atoms with Crippen LogP contribution in [-0.2, 0) is 23.7 Å². The summed E-state index contributed by atoms with van der Waals surface area (Å²) >= 11 is 0. The molecule has 0 aromatic heterocycles. The van der Waals surface area contributed by atoms with Crippen molar-refractivity contribution in [2.75, 3.05) is 6.61 Å². The van der Waals surface area contributed by atoms with Crippen molar-refractivity contribution in [2.24, 2.45) is 5.92 Å². The van der Waals surface area contributed by atoms with Crippen LogP contribution in [0.4, 0.5) is 0 Å². The zero-order valence-corrected chi connectivity index (χ0v) is 18.4. The summed E-state index contributed by atoms with van der Waals surface area (Å²) in [5.41, 5.74) is 0. The van der Waals surface area contributed by atoms with Crippen molar-refractivity contribution >= 4 is 5.97 Å². The number of aliphatic carboxylic acids is 1. The minimum atomic E-state index is -1.62. The van der Waals surface area contributed by atoms with E-state index in [-0.39, 0.29) is 12.3 Å². The van der Waals surface area contributed by atoms with E-state index < -0.39 is 86.5 Å². The summed E-state index contributed by atoms with van der Waals surface area (Å²) in [4.78, 5) is 10.9. The molecule has 2 heterocycles. The van der Waals surface area contributed by atoms with Gasteiger partial charge in [-0.25, -0.2) is 0 Å². The van der Waals surface area contributed by atoms with Gasteiger partial charge in [-0.1, -0.05) is 20.3 Å². The van der Waals surface area contributed by atoms with Crippen LogP contribution in [-0.4, -0.2) is 116 Å². The van der Waals surface area contributed by atoms with Crippen LogP contribution >= 0.6 is 0 Å². The van der Waals surface area contributed by atoms with Crippen LogP contribution in [0, 0.1) is 5.92 Å². The fourth-order valence-electron chi connectivity index (χ4n) is 3.80. The Hall–Kier alpha value is -0.930. The molecular weight excluding hydrogens is 432 g/mol. The van der Waals surface area contributed by atoms with Gasteiger partial charge in [0.2, 0.25) is 0 Å². The predicted octanol–water partition coefficient (Wildman–Crippen LogP) is -2.07. The van der Waals surface area contributed by atoms with Crippen molar-refractivity contribution in [3.8, 4) is 0 Å². The topological polar surface area (TPSA) is 196 Å². The van der Waals surface area contributed by atoms with Gasteiger partial charge in [-0.3, -0.25) is 4.79 Å². The third kappa shape index (κ3) is 6.56. The van der Waals surface area contributed by atoms with Crippen molar-refractivity contribution in [3.63, 3.8) is 0 Å². The van der Waals surface area contributed by atoms with Gasteiger partial charge in [0.05, 0.1) is 31.3 Å². The first kappa shape index (κ1) is 27.3. The Labute approximate surface area is 186 Å². The van der Waals surface area contributed by atoms with E-state index in [1.54, 1.807) is 0 Å². The van der Waals surface area contributed by atoms with E-state index in [2.05, 4.69) is 0 Å². The zero-order valence-electron chi connectivity index (χ0n) is 18.4. The molecule has 12 atom stereocenters. The second-order valence-corrected chi connectivity index (χ2v) is 8.55. The monoisotopic (exact) mass is 468 g/mol. The molecule has 0 aromatic carbocycles. The van der Waals surface area contributed by atoms with Crippen LogP contribution in [0.1, 0.15) is 40.0 Å². The molecule has 0 spiro atoms. The molecule has 188 valence electrons. The smallest absolute Gasteiger partial charge is 0.305 e. The molecule has 0 aromatic rings. The Balaban J connectivity index is 2.16. The van der Waals surface area contributed by atoms with Crippen molar-refractivity contribution in [2.45, 2.75) is 108 Å². The molecule has 2 fully saturated rings. The van der Waals surface area contributed by atoms with E-state index in [1.807, 2.05) is 13.8 Å². The second-order valence-electron chi connectivity index (χ2n) is 8.55. The summed E-state index contributed by atoms with van der Waals surface area (Å²) in [5.74, 6) is -1.28. The van der Waals surface area contributed by atoms with Crippen LogP contribution in [0.3, 0.4) is 0 Å². The molecule has 12 heteroatoms. The SMILES string of the molecule is CC[C@H](C)[C@@H](C[C@@H](O)CC(=O)O)O[C@@H]1O[C@@H](CO)[C@H](O)[C@H]1O[C@@H]1O[C@@H](C)[C@H](O)[C@@H](O)[C@H]1O. The number of hydrogen-bond acceptors (Lipinski definition) is 11. The van der Waals surface area contributed by atoms with E-state index in [0.29, 0.717) is 6.42 Å². The van der Waals surface area contributed by atoms with Crippen LogP contribution < -0.4 is 0 Å². The number of aliphatic hydroxyl groups excluding tert-OH is 6. The number of carbonyl (C=O) groups is 1. The molecule has 2 saturated heterocycles. The van der Waals surface area contributed by atoms with Crippen molar-refractivity contribution in [1.29, 1.82) is 0 Å². The lowest BCUT2D eigenvalue weighted by atomic mass is 9.95. The molecule has 0 aliphatic carbocycles. The highest BCUT2D eigenvalue weighted by atomic mass is 16.8. The third-order valence-corrected chi connectivity index (χ3v) is 6.08. The lowest BCUT2D eigenvalue weighted by molar-refractivity contribution is -0.324. The van der Waals surface area contributed by atoms with Gasteiger partial charge in [-0.2, -0.15) is 0 Å². The van der Waals surface area contributed by atoms with E-state index in [9.17, 15) is 35.4 Å². The summed E-state index contributed by atoms with van der Waals surface area (Å²) in [6.45, 7) is 4.66. The largest absolute Gasteiger partial charge is 0.481 e. The molecule has 12 nitrogen and oxygen atoms in total. The Morgan fingerprint density at radius 3 is 2.25 bits per heavy atom. The van der Waals surface area contributed by atoms with Gasteiger partial charge in [0.15, 0.2) is 12.6 Å². The van der Waals surface area contributed by atoms with Gasteiger partial charge in [-0.05, 0) is 12.8 Å². The number of hydrogen-bond donors (Lipinski definition) is 7. The highest BCUT2D eigenvalue weighted by Gasteiger charge is 2.51. The maximum atomic E-state index is 10.9. The maximum Gasteiger partial charge on any atom is 0.305 e. The average molecular weight is 468 g/mol. The summed E-state index contributed by atoms with van der Waals surface area (Å²) in [5, 5.41) is 69.2. The summed E-state index contributed by atoms with van der Waals surface area (Å²) in [7, 11) is 0. The molecule has 0 saturated carbocycles. The summed E-state index contributed by atoms with van der Waals surface area (Å²) in [6, 6.07) is 0. The fourth-order valence-corrected chi connectivity index (χ4v) is 3.80. The molecule has 2 aliphatic rings. The van der Waals surface area contributed by atoms with Gasteiger partial charge >= 0.3 is 5.97 Å². The minimum Gasteiger partial charge on any atom is -0.481 e. The predicted molar refractivity (Wildman–Crippen MR) is 106 cm³/mol. The Morgan fingerprint density at radius 1 is 1.03 bits per heavy atom. The maximum absolute atomic E-state index is 10.9. The molecule has 32 heavy (non-hydrogen) atoms. The number of ether oxygens (including phenoxy) is 4. The fraction of sp³-hybridized carbons (Fsp3) is 0.950. The lowest BCUT2D eigenvalue weighted by Gasteiger charge is -2.40. The number of carboxylic acid groups (broad SMARTS) is 1. The molecular formula is C20H36O12. The molecule has 0 unspecified atom stereocenters. The van der Waals surface area contributed by atoms with Crippen molar-refractivity contribution < 1.29 is 59.5 Å². The van der Waals surface area contributed by atoms with Gasteiger partial charge in [0, 0.05) is 6.42 Å². The molecule has 0 amide bonds. The summed E-state index contributed by atoms with van der Waals surface area (Å²) in [6.07, 6.45) is -13.4. The normalized spacial score (nSPS) is 40.7. The van der Waals surface area contributed by atoms with Gasteiger partial charge in [0.1, 0.15) is 36.6 Å². The summed E-state index contributed by atoms with van der Waals surface area (Å²) < 4.78 is 22.6. The second kappa shape index (κ2) is 12.0. The first-order valence-corrected chi connectivity index (χ1v) is 10.8. The third-order valence-electron chi connectivity index (χ3n) is 6.08. The van der Waals surface area contributed by atoms with Gasteiger partial charge in [-0.15, -0.1) is 0 Å². The van der Waals surface area contributed by atoms with Crippen LogP contribution in [0.2, 0.25) is 0 Å². The highest BCUT2D eigenvalue weighted by Crippen LogP contribution is 2.32. The average Bonchev–Trinajstić information content (AvgIpc) is 3.03. The molecule has 2 aliphatic heterocycles. The van der Waals surface area contributed by atoms with E-state index in [4.69, 9.17) is 24.1 Å². The number of carboxylic acids is 1. The number of aliphatic hydroxyl groups is 6. The quantitative estimate of drug-likeness (QED) is 0.175. The Kier molecular flexibility index (Phi) is 10.2. The first-order chi connectivity index (χ1) is 15.0. The number of rotatable bonds is 11. The lowest BCUT2D eigenvalue weighted by Crippen LogP contribution is -2.59. The Bertz CT molecular complexity index is 591. The molecule has 2 rings (SSSR count). The first-order valence-electron chi connectivity index (χ1n) is 10.8. The van der Waals surface area contributed by atoms with E-state index in [1.165, 1.54) is 6.92 Å². The minimum absolute atomic E-state index is 0.0156. The Morgan fingerprint density at radius 2 is 1.69 bits per heavy atom. The van der Waals surface area contributed by atoms with Crippen molar-refractivity contribution in [1.82, 2.24) is 0 Å². The van der Waals surface area contributed by atoms with Gasteiger partial charge in [0.25, 0.3) is 0 Å². The zero-order chi connectivity index (χ0) is 24.2. The van der Waals surface area contributed by atoms with E-state index in [0.717, 1.165) is 0 Å².